The fourth-order valence-electron chi connectivity index (χ4n) is 4.41. The third-order valence-electron chi connectivity index (χ3n) is 6.48. The molecular weight excluding hydrogens is 512 g/mol. The molecule has 0 spiro atoms. The molecule has 1 fully saturated rings. The number of aromatic nitrogens is 2. The second-order valence-corrected chi connectivity index (χ2v) is 11.8. The number of carbonyl (C=O) groups is 2. The van der Waals surface area contributed by atoms with E-state index in [1.807, 2.05) is 61.5 Å². The van der Waals surface area contributed by atoms with E-state index in [0.717, 1.165) is 16.8 Å². The number of sulfone groups is 1. The van der Waals surface area contributed by atoms with Gasteiger partial charge in [-0.2, -0.15) is 5.10 Å². The molecule has 0 aliphatic carbocycles. The average Bonchev–Trinajstić information content (AvgIpc) is 3.52. The molecule has 9 heteroatoms. The van der Waals surface area contributed by atoms with Crippen molar-refractivity contribution in [3.8, 4) is 16.9 Å². The van der Waals surface area contributed by atoms with Gasteiger partial charge in [-0.25, -0.2) is 13.1 Å². The normalized spacial score (nSPS) is 16.5. The van der Waals surface area contributed by atoms with Crippen LogP contribution in [0.1, 0.15) is 27.9 Å². The quantitative estimate of drug-likeness (QED) is 0.345. The predicted molar refractivity (Wildman–Crippen MR) is 151 cm³/mol. The highest BCUT2D eigenvalue weighted by Crippen LogP contribution is 2.26. The van der Waals surface area contributed by atoms with Crippen molar-refractivity contribution < 1.29 is 18.0 Å². The minimum Gasteiger partial charge on any atom is -0.347 e. The number of nitrogens with zero attached hydrogens (tertiary/aromatic N) is 2. The van der Waals surface area contributed by atoms with Crippen molar-refractivity contribution in [2.45, 2.75) is 19.4 Å². The summed E-state index contributed by atoms with van der Waals surface area (Å²) in [6, 6.07) is 25.5. The first-order chi connectivity index (χ1) is 18.8. The number of amides is 2. The lowest BCUT2D eigenvalue weighted by Crippen LogP contribution is -2.41. The molecule has 8 nitrogen and oxygen atoms in total. The second kappa shape index (κ2) is 11.1. The Morgan fingerprint density at radius 1 is 0.949 bits per heavy atom. The summed E-state index contributed by atoms with van der Waals surface area (Å²) >= 11 is 0. The number of carbonyl (C=O) groups excluding carboxylic acids is 2. The molecule has 39 heavy (non-hydrogen) atoms. The summed E-state index contributed by atoms with van der Waals surface area (Å²) in [5.74, 6) is -1.12. The highest BCUT2D eigenvalue weighted by Gasteiger charge is 2.30. The van der Waals surface area contributed by atoms with Gasteiger partial charge in [-0.3, -0.25) is 9.59 Å². The van der Waals surface area contributed by atoms with Gasteiger partial charge in [-0.1, -0.05) is 66.2 Å². The van der Waals surface area contributed by atoms with Gasteiger partial charge in [0.15, 0.2) is 9.84 Å². The number of hydrogen-bond acceptors (Lipinski definition) is 5. The zero-order chi connectivity index (χ0) is 27.4. The molecular formula is C30H28N4O4S. The number of rotatable bonds is 7. The van der Waals surface area contributed by atoms with Gasteiger partial charge in [0.25, 0.3) is 11.8 Å². The van der Waals surface area contributed by atoms with Gasteiger partial charge in [0.1, 0.15) is 11.4 Å². The van der Waals surface area contributed by atoms with Gasteiger partial charge in [0.05, 0.1) is 17.2 Å². The van der Waals surface area contributed by atoms with Crippen LogP contribution in [0.15, 0.2) is 96.8 Å². The second-order valence-electron chi connectivity index (χ2n) is 9.53. The Morgan fingerprint density at radius 2 is 1.62 bits per heavy atom. The Balaban J connectivity index is 1.56. The number of para-hydroxylation sites is 1. The van der Waals surface area contributed by atoms with Crippen LogP contribution in [-0.4, -0.2) is 47.6 Å². The van der Waals surface area contributed by atoms with Crippen LogP contribution in [0.3, 0.4) is 0 Å². The monoisotopic (exact) mass is 540 g/mol. The molecule has 3 aromatic carbocycles. The van der Waals surface area contributed by atoms with Crippen LogP contribution >= 0.6 is 0 Å². The van der Waals surface area contributed by atoms with Gasteiger partial charge < -0.3 is 10.6 Å². The lowest BCUT2D eigenvalue weighted by Gasteiger charge is -2.14. The molecule has 0 radical (unpaired) electrons. The molecule has 2 heterocycles. The maximum atomic E-state index is 13.4. The van der Waals surface area contributed by atoms with Crippen LogP contribution in [-0.2, 0) is 14.6 Å². The van der Waals surface area contributed by atoms with Crippen LogP contribution < -0.4 is 10.6 Å². The predicted octanol–water partition coefficient (Wildman–Crippen LogP) is 3.92. The Morgan fingerprint density at radius 3 is 2.26 bits per heavy atom. The van der Waals surface area contributed by atoms with E-state index in [4.69, 9.17) is 5.10 Å². The molecule has 4 aromatic rings. The standard InChI is InChI=1S/C30H28N4O4S/c1-21-12-14-22(15-13-21)28-24(19-34(33-28)26-10-6-3-7-11-26)18-27(32-29(35)23-8-4-2-5-9-23)30(36)31-25-16-17-39(37,38)20-25/h2-15,18-19,25H,16-17,20H2,1H3,(H,31,36)(H,32,35). The maximum Gasteiger partial charge on any atom is 0.268 e. The maximum absolute atomic E-state index is 13.4. The molecule has 1 saturated heterocycles. The van der Waals surface area contributed by atoms with Crippen molar-refractivity contribution in [1.29, 1.82) is 0 Å². The molecule has 2 N–H and O–H groups in total. The molecule has 1 atom stereocenters. The summed E-state index contributed by atoms with van der Waals surface area (Å²) in [4.78, 5) is 26.5. The summed E-state index contributed by atoms with van der Waals surface area (Å²) in [7, 11) is -3.20. The molecule has 1 aliphatic rings. The van der Waals surface area contributed by atoms with E-state index >= 15 is 0 Å². The molecule has 1 unspecified atom stereocenters. The van der Waals surface area contributed by atoms with E-state index in [1.165, 1.54) is 0 Å². The summed E-state index contributed by atoms with van der Waals surface area (Å²) in [6.45, 7) is 2.00. The number of hydrogen-bond donors (Lipinski definition) is 2. The minimum atomic E-state index is -3.20. The van der Waals surface area contributed by atoms with Crippen molar-refractivity contribution >= 4 is 27.7 Å². The first kappa shape index (κ1) is 26.1. The van der Waals surface area contributed by atoms with Crippen LogP contribution in [0.5, 0.6) is 0 Å². The summed E-state index contributed by atoms with van der Waals surface area (Å²) in [5, 5.41) is 10.3. The van der Waals surface area contributed by atoms with E-state index in [9.17, 15) is 18.0 Å². The molecule has 0 saturated carbocycles. The fourth-order valence-corrected chi connectivity index (χ4v) is 6.08. The SMILES string of the molecule is Cc1ccc(-c2nn(-c3ccccc3)cc2C=C(NC(=O)c2ccccc2)C(=O)NC2CCS(=O)(=O)C2)cc1. The van der Waals surface area contributed by atoms with E-state index in [0.29, 0.717) is 23.2 Å². The van der Waals surface area contributed by atoms with E-state index in [-0.39, 0.29) is 17.2 Å². The Labute approximate surface area is 227 Å². The highest BCUT2D eigenvalue weighted by molar-refractivity contribution is 7.91. The smallest absolute Gasteiger partial charge is 0.268 e. The minimum absolute atomic E-state index is 0.00544. The van der Waals surface area contributed by atoms with E-state index in [2.05, 4.69) is 10.6 Å². The van der Waals surface area contributed by atoms with Gasteiger partial charge in [-0.15, -0.1) is 0 Å². The molecule has 2 amide bonds. The topological polar surface area (TPSA) is 110 Å². The first-order valence-corrected chi connectivity index (χ1v) is 14.4. The molecule has 1 aromatic heterocycles. The van der Waals surface area contributed by atoms with E-state index < -0.39 is 27.7 Å². The van der Waals surface area contributed by atoms with Crippen molar-refractivity contribution in [3.05, 3.63) is 114 Å². The summed E-state index contributed by atoms with van der Waals surface area (Å²) in [5.41, 5.74) is 4.40. The molecule has 0 bridgehead atoms. The molecule has 5 rings (SSSR count). The van der Waals surface area contributed by atoms with Crippen LogP contribution in [0.2, 0.25) is 0 Å². The number of benzene rings is 3. The van der Waals surface area contributed by atoms with Gasteiger partial charge in [-0.05, 0) is 43.7 Å². The fraction of sp³-hybridized carbons (Fsp3) is 0.167. The Bertz CT molecular complexity index is 1630. The van der Waals surface area contributed by atoms with Crippen LogP contribution in [0.4, 0.5) is 0 Å². The van der Waals surface area contributed by atoms with Crippen LogP contribution in [0.25, 0.3) is 23.0 Å². The molecule has 1 aliphatic heterocycles. The summed E-state index contributed by atoms with van der Waals surface area (Å²) in [6.07, 6.45) is 3.71. The Hall–Kier alpha value is -4.50. The van der Waals surface area contributed by atoms with Gasteiger partial charge in [0.2, 0.25) is 0 Å². The van der Waals surface area contributed by atoms with Gasteiger partial charge >= 0.3 is 0 Å². The third kappa shape index (κ3) is 6.32. The zero-order valence-electron chi connectivity index (χ0n) is 21.4. The third-order valence-corrected chi connectivity index (χ3v) is 8.25. The van der Waals surface area contributed by atoms with Gasteiger partial charge in [0, 0.05) is 28.9 Å². The van der Waals surface area contributed by atoms with Crippen LogP contribution in [0, 0.1) is 6.92 Å². The zero-order valence-corrected chi connectivity index (χ0v) is 22.2. The van der Waals surface area contributed by atoms with Crippen molar-refractivity contribution in [2.24, 2.45) is 0 Å². The summed E-state index contributed by atoms with van der Waals surface area (Å²) < 4.78 is 25.6. The lowest BCUT2D eigenvalue weighted by molar-refractivity contribution is -0.118. The Kier molecular flexibility index (Phi) is 7.42. The van der Waals surface area contributed by atoms with Crippen molar-refractivity contribution in [1.82, 2.24) is 20.4 Å². The first-order valence-electron chi connectivity index (χ1n) is 12.6. The average molecular weight is 541 g/mol. The van der Waals surface area contributed by atoms with Crippen molar-refractivity contribution in [2.75, 3.05) is 11.5 Å². The number of nitrogens with one attached hydrogen (secondary N) is 2. The van der Waals surface area contributed by atoms with E-state index in [1.54, 1.807) is 47.3 Å². The lowest BCUT2D eigenvalue weighted by atomic mass is 10.1. The molecule has 198 valence electrons. The van der Waals surface area contributed by atoms with Crippen molar-refractivity contribution in [3.63, 3.8) is 0 Å². The largest absolute Gasteiger partial charge is 0.347 e. The number of aryl methyl sites for hydroxylation is 1. The highest BCUT2D eigenvalue weighted by atomic mass is 32.2.